The molecule has 3 rings (SSSR count). The number of furan rings is 1. The van der Waals surface area contributed by atoms with Gasteiger partial charge >= 0.3 is 0 Å². The highest BCUT2D eigenvalue weighted by Crippen LogP contribution is 2.25. The van der Waals surface area contributed by atoms with Crippen molar-refractivity contribution in [3.63, 3.8) is 0 Å². The van der Waals surface area contributed by atoms with E-state index in [4.69, 9.17) is 4.42 Å². The number of fused-ring (bicyclic) bond motifs is 1. The topological polar surface area (TPSA) is 26.0 Å². The highest BCUT2D eigenvalue weighted by molar-refractivity contribution is 5.84. The van der Waals surface area contributed by atoms with E-state index in [1.165, 1.54) is 5.56 Å². The summed E-state index contributed by atoms with van der Waals surface area (Å²) < 4.78 is 5.39. The molecular weight excluding hydrogens is 210 g/mol. The van der Waals surface area contributed by atoms with Gasteiger partial charge in [0.25, 0.3) is 0 Å². The fourth-order valence-corrected chi connectivity index (χ4v) is 2.00. The maximum Gasteiger partial charge on any atom is 0.152 e. The second-order valence-corrected chi connectivity index (χ2v) is 3.91. The minimum Gasteiger partial charge on any atom is -0.463 e. The van der Waals surface area contributed by atoms with Gasteiger partial charge in [-0.2, -0.15) is 0 Å². The Morgan fingerprint density at radius 1 is 1.12 bits per heavy atom. The summed E-state index contributed by atoms with van der Waals surface area (Å²) in [4.78, 5) is 4.60. The molecule has 0 N–H and O–H groups in total. The molecule has 83 valence electrons. The van der Waals surface area contributed by atoms with Crippen LogP contribution < -0.4 is 0 Å². The molecule has 1 radical (unpaired) electrons. The number of aromatic nitrogens is 1. The molecule has 3 aromatic rings. The minimum absolute atomic E-state index is 0.747. The smallest absolute Gasteiger partial charge is 0.152 e. The summed E-state index contributed by atoms with van der Waals surface area (Å²) in [6, 6.07) is 14.0. The molecule has 0 aliphatic rings. The van der Waals surface area contributed by atoms with Gasteiger partial charge in [-0.15, -0.1) is 0 Å². The van der Waals surface area contributed by atoms with Crippen LogP contribution in [0.3, 0.4) is 0 Å². The summed E-state index contributed by atoms with van der Waals surface area (Å²) in [5, 5.41) is 1.16. The zero-order valence-corrected chi connectivity index (χ0v) is 9.39. The van der Waals surface area contributed by atoms with E-state index in [9.17, 15) is 0 Å². The van der Waals surface area contributed by atoms with Gasteiger partial charge in [0.05, 0.1) is 11.8 Å². The van der Waals surface area contributed by atoms with Gasteiger partial charge in [-0.1, -0.05) is 18.2 Å². The lowest BCUT2D eigenvalue weighted by atomic mass is 10.0. The standard InChI is InChI=1S/C15H12NO/c1-2-11-10-14(15-8-5-9-17-15)16-13-7-4-3-6-12(11)13/h3-10H,1-2H2. The number of benzene rings is 1. The van der Waals surface area contributed by atoms with Gasteiger partial charge in [0.2, 0.25) is 0 Å². The van der Waals surface area contributed by atoms with Gasteiger partial charge < -0.3 is 4.42 Å². The van der Waals surface area contributed by atoms with E-state index in [0.29, 0.717) is 0 Å². The maximum atomic E-state index is 5.39. The molecule has 2 heterocycles. The van der Waals surface area contributed by atoms with Crippen molar-refractivity contribution < 1.29 is 4.42 Å². The summed E-state index contributed by atoms with van der Waals surface area (Å²) in [6.45, 7) is 3.97. The fraction of sp³-hybridized carbons (Fsp3) is 0.0667. The van der Waals surface area contributed by atoms with Gasteiger partial charge in [-0.05, 0) is 43.2 Å². The third-order valence-corrected chi connectivity index (χ3v) is 2.84. The number of hydrogen-bond donors (Lipinski definition) is 0. The molecule has 2 heteroatoms. The summed E-state index contributed by atoms with van der Waals surface area (Å²) in [6.07, 6.45) is 2.41. The van der Waals surface area contributed by atoms with Crippen LogP contribution in [0, 0.1) is 6.92 Å². The minimum atomic E-state index is 0.747. The summed E-state index contributed by atoms with van der Waals surface area (Å²) in [7, 11) is 0. The first-order valence-electron chi connectivity index (χ1n) is 5.60. The Kier molecular flexibility index (Phi) is 2.41. The van der Waals surface area contributed by atoms with Crippen LogP contribution in [0.15, 0.2) is 53.1 Å². The Morgan fingerprint density at radius 3 is 2.76 bits per heavy atom. The van der Waals surface area contributed by atoms with Crippen molar-refractivity contribution in [2.24, 2.45) is 0 Å². The molecule has 0 spiro atoms. The average molecular weight is 222 g/mol. The largest absolute Gasteiger partial charge is 0.463 e. The van der Waals surface area contributed by atoms with E-state index in [2.05, 4.69) is 18.0 Å². The molecule has 0 fully saturated rings. The molecule has 0 unspecified atom stereocenters. The van der Waals surface area contributed by atoms with Crippen LogP contribution in [0.2, 0.25) is 0 Å². The number of hydrogen-bond acceptors (Lipinski definition) is 2. The molecule has 0 amide bonds. The Balaban J connectivity index is 2.28. The van der Waals surface area contributed by atoms with Gasteiger partial charge in [0.1, 0.15) is 5.69 Å². The quantitative estimate of drug-likeness (QED) is 0.657. The molecule has 17 heavy (non-hydrogen) atoms. The first kappa shape index (κ1) is 10.1. The SMILES string of the molecule is [CH2]Cc1cc(-c2ccco2)nc2ccccc12. The lowest BCUT2D eigenvalue weighted by Gasteiger charge is -2.06. The van der Waals surface area contributed by atoms with E-state index < -0.39 is 0 Å². The van der Waals surface area contributed by atoms with Crippen LogP contribution in [0.4, 0.5) is 0 Å². The number of para-hydroxylation sites is 1. The van der Waals surface area contributed by atoms with Crippen molar-refractivity contribution in [3.05, 3.63) is 61.2 Å². The third-order valence-electron chi connectivity index (χ3n) is 2.84. The van der Waals surface area contributed by atoms with Crippen LogP contribution in [-0.4, -0.2) is 4.98 Å². The highest BCUT2D eigenvalue weighted by atomic mass is 16.3. The molecule has 0 bridgehead atoms. The second-order valence-electron chi connectivity index (χ2n) is 3.91. The van der Waals surface area contributed by atoms with Crippen molar-refractivity contribution in [2.75, 3.05) is 0 Å². The van der Waals surface area contributed by atoms with Crippen LogP contribution in [0.25, 0.3) is 22.4 Å². The number of pyridine rings is 1. The Morgan fingerprint density at radius 2 is 2.00 bits per heavy atom. The molecule has 1 aromatic carbocycles. The van der Waals surface area contributed by atoms with E-state index in [1.54, 1.807) is 6.26 Å². The summed E-state index contributed by atoms with van der Waals surface area (Å²) in [5.74, 6) is 0.797. The number of rotatable bonds is 2. The van der Waals surface area contributed by atoms with E-state index in [1.807, 2.05) is 36.4 Å². The predicted octanol–water partition coefficient (Wildman–Crippen LogP) is 3.87. The van der Waals surface area contributed by atoms with Crippen LogP contribution >= 0.6 is 0 Å². The maximum absolute atomic E-state index is 5.39. The van der Waals surface area contributed by atoms with Gasteiger partial charge in [-0.25, -0.2) is 4.98 Å². The predicted molar refractivity (Wildman–Crippen MR) is 68.5 cm³/mol. The van der Waals surface area contributed by atoms with Crippen molar-refractivity contribution >= 4 is 10.9 Å². The zero-order valence-electron chi connectivity index (χ0n) is 9.39. The van der Waals surface area contributed by atoms with Gasteiger partial charge in [0.15, 0.2) is 5.76 Å². The molecule has 2 aromatic heterocycles. The molecule has 0 saturated carbocycles. The Hall–Kier alpha value is -2.09. The van der Waals surface area contributed by atoms with Crippen LogP contribution in [0.5, 0.6) is 0 Å². The monoisotopic (exact) mass is 222 g/mol. The summed E-state index contributed by atoms with van der Waals surface area (Å²) >= 11 is 0. The van der Waals surface area contributed by atoms with Gasteiger partial charge in [0, 0.05) is 5.39 Å². The second kappa shape index (κ2) is 4.06. The van der Waals surface area contributed by atoms with Crippen LogP contribution in [-0.2, 0) is 6.42 Å². The number of nitrogens with zero attached hydrogens (tertiary/aromatic N) is 1. The third kappa shape index (κ3) is 1.72. The van der Waals surface area contributed by atoms with Crippen molar-refractivity contribution in [3.8, 4) is 11.5 Å². The molecule has 0 atom stereocenters. The fourth-order valence-electron chi connectivity index (χ4n) is 2.00. The highest BCUT2D eigenvalue weighted by Gasteiger charge is 2.07. The van der Waals surface area contributed by atoms with E-state index >= 15 is 0 Å². The van der Waals surface area contributed by atoms with Crippen molar-refractivity contribution in [1.82, 2.24) is 4.98 Å². The Bertz CT molecular complexity index is 641. The average Bonchev–Trinajstić information content (AvgIpc) is 2.91. The van der Waals surface area contributed by atoms with Crippen LogP contribution in [0.1, 0.15) is 5.56 Å². The summed E-state index contributed by atoms with van der Waals surface area (Å²) in [5.41, 5.74) is 3.05. The lowest BCUT2D eigenvalue weighted by Crippen LogP contribution is -1.90. The first-order valence-corrected chi connectivity index (χ1v) is 5.60. The van der Waals surface area contributed by atoms with E-state index in [-0.39, 0.29) is 0 Å². The molecule has 0 aliphatic carbocycles. The molecule has 0 saturated heterocycles. The first-order chi connectivity index (χ1) is 8.38. The van der Waals surface area contributed by atoms with Crippen molar-refractivity contribution in [2.45, 2.75) is 6.42 Å². The normalized spacial score (nSPS) is 10.9. The van der Waals surface area contributed by atoms with Crippen molar-refractivity contribution in [1.29, 1.82) is 0 Å². The molecule has 2 nitrogen and oxygen atoms in total. The zero-order chi connectivity index (χ0) is 11.7. The van der Waals surface area contributed by atoms with E-state index in [0.717, 1.165) is 28.8 Å². The molecule has 0 aliphatic heterocycles. The van der Waals surface area contributed by atoms with Gasteiger partial charge in [-0.3, -0.25) is 0 Å². The Labute approximate surface area is 99.9 Å². The lowest BCUT2D eigenvalue weighted by molar-refractivity contribution is 0.580. The molecular formula is C15H12NO.